The Kier molecular flexibility index (Phi) is 2.76. The number of hydrogen-bond donors (Lipinski definition) is 0. The molecule has 0 unspecified atom stereocenters. The van der Waals surface area contributed by atoms with E-state index in [0.717, 1.165) is 0 Å². The number of nitrogens with zero attached hydrogens (tertiary/aromatic N) is 1. The third-order valence-corrected chi connectivity index (χ3v) is 2.13. The molecule has 0 radical (unpaired) electrons. The van der Waals surface area contributed by atoms with Crippen molar-refractivity contribution in [3.63, 3.8) is 0 Å². The van der Waals surface area contributed by atoms with Gasteiger partial charge in [0.25, 0.3) is 0 Å². The Morgan fingerprint density at radius 1 is 1.43 bits per heavy atom. The summed E-state index contributed by atoms with van der Waals surface area (Å²) in [5.41, 5.74) is -0.474. The van der Waals surface area contributed by atoms with Crippen LogP contribution in [0.2, 0.25) is 0 Å². The summed E-state index contributed by atoms with van der Waals surface area (Å²) in [6.07, 6.45) is 0. The highest BCUT2D eigenvalue weighted by molar-refractivity contribution is 5.37. The Morgan fingerprint density at radius 3 is 2.57 bits per heavy atom. The van der Waals surface area contributed by atoms with Crippen molar-refractivity contribution in [3.05, 3.63) is 29.6 Å². The first-order chi connectivity index (χ1) is 6.51. The monoisotopic (exact) mass is 193 g/mol. The summed E-state index contributed by atoms with van der Waals surface area (Å²) in [5.74, 6) is 0.182. The predicted octanol–water partition coefficient (Wildman–Crippen LogP) is 2.64. The molecule has 0 aromatic heterocycles. The van der Waals surface area contributed by atoms with Crippen LogP contribution in [0.15, 0.2) is 18.2 Å². The van der Waals surface area contributed by atoms with Crippen molar-refractivity contribution in [2.24, 2.45) is 0 Å². The maximum atomic E-state index is 13.4. The molecular formula is C11H12FNO. The van der Waals surface area contributed by atoms with Crippen LogP contribution in [0.5, 0.6) is 5.75 Å². The van der Waals surface area contributed by atoms with Crippen molar-refractivity contribution in [2.45, 2.75) is 19.3 Å². The molecule has 1 aromatic rings. The van der Waals surface area contributed by atoms with Crippen LogP contribution in [-0.2, 0) is 5.41 Å². The van der Waals surface area contributed by atoms with Gasteiger partial charge in [0.15, 0.2) is 0 Å². The fourth-order valence-corrected chi connectivity index (χ4v) is 1.17. The van der Waals surface area contributed by atoms with Gasteiger partial charge in [-0.1, -0.05) is 0 Å². The lowest BCUT2D eigenvalue weighted by Gasteiger charge is -2.17. The molecule has 0 spiro atoms. The van der Waals surface area contributed by atoms with E-state index in [1.165, 1.54) is 19.2 Å². The second-order valence-electron chi connectivity index (χ2n) is 3.58. The molecule has 0 heterocycles. The average molecular weight is 193 g/mol. The molecule has 0 aliphatic heterocycles. The lowest BCUT2D eigenvalue weighted by Crippen LogP contribution is -2.16. The largest absolute Gasteiger partial charge is 0.497 e. The number of nitriles is 1. The molecule has 1 rings (SSSR count). The van der Waals surface area contributed by atoms with Crippen molar-refractivity contribution in [1.82, 2.24) is 0 Å². The molecule has 14 heavy (non-hydrogen) atoms. The van der Waals surface area contributed by atoms with Gasteiger partial charge < -0.3 is 4.74 Å². The fraction of sp³-hybridized carbons (Fsp3) is 0.364. The first-order valence-electron chi connectivity index (χ1n) is 4.26. The summed E-state index contributed by atoms with van der Waals surface area (Å²) in [5, 5.41) is 8.88. The molecule has 74 valence electrons. The fourth-order valence-electron chi connectivity index (χ4n) is 1.17. The lowest BCUT2D eigenvalue weighted by molar-refractivity contribution is 0.411. The highest BCUT2D eigenvalue weighted by atomic mass is 19.1. The molecule has 0 atom stereocenters. The number of hydrogen-bond acceptors (Lipinski definition) is 2. The Labute approximate surface area is 82.9 Å². The zero-order chi connectivity index (χ0) is 10.8. The standard InChI is InChI=1S/C11H12FNO/c1-11(2,7-13)9-6-8(14-3)4-5-10(9)12/h4-6H,1-3H3. The molecule has 0 fully saturated rings. The van der Waals surface area contributed by atoms with Crippen molar-refractivity contribution >= 4 is 0 Å². The highest BCUT2D eigenvalue weighted by Gasteiger charge is 2.24. The minimum absolute atomic E-state index is 0.361. The van der Waals surface area contributed by atoms with Gasteiger partial charge in [-0.15, -0.1) is 0 Å². The van der Waals surface area contributed by atoms with Crippen molar-refractivity contribution in [3.8, 4) is 11.8 Å². The third kappa shape index (κ3) is 1.85. The number of methoxy groups -OCH3 is 1. The maximum absolute atomic E-state index is 13.4. The van der Waals surface area contributed by atoms with Gasteiger partial charge in [0.2, 0.25) is 0 Å². The van der Waals surface area contributed by atoms with E-state index >= 15 is 0 Å². The summed E-state index contributed by atoms with van der Waals surface area (Å²) in [6, 6.07) is 6.46. The molecule has 0 saturated carbocycles. The Morgan fingerprint density at radius 2 is 2.07 bits per heavy atom. The van der Waals surface area contributed by atoms with E-state index in [9.17, 15) is 4.39 Å². The molecule has 0 bridgehead atoms. The molecule has 2 nitrogen and oxygen atoms in total. The zero-order valence-electron chi connectivity index (χ0n) is 8.47. The van der Waals surface area contributed by atoms with E-state index in [1.807, 2.05) is 0 Å². The lowest BCUT2D eigenvalue weighted by atomic mass is 9.86. The van der Waals surface area contributed by atoms with Crippen LogP contribution in [0.3, 0.4) is 0 Å². The summed E-state index contributed by atoms with van der Waals surface area (Å²) in [4.78, 5) is 0. The number of ether oxygens (including phenoxy) is 1. The van der Waals surface area contributed by atoms with Crippen LogP contribution >= 0.6 is 0 Å². The van der Waals surface area contributed by atoms with E-state index in [2.05, 4.69) is 6.07 Å². The first-order valence-corrected chi connectivity index (χ1v) is 4.26. The van der Waals surface area contributed by atoms with Gasteiger partial charge >= 0.3 is 0 Å². The molecular weight excluding hydrogens is 181 g/mol. The second kappa shape index (κ2) is 3.67. The van der Waals surface area contributed by atoms with Crippen LogP contribution in [0.4, 0.5) is 4.39 Å². The second-order valence-corrected chi connectivity index (χ2v) is 3.58. The van der Waals surface area contributed by atoms with Gasteiger partial charge in [-0.3, -0.25) is 0 Å². The first kappa shape index (κ1) is 10.5. The van der Waals surface area contributed by atoms with Crippen LogP contribution < -0.4 is 4.74 Å². The molecule has 1 aromatic carbocycles. The summed E-state index contributed by atoms with van der Waals surface area (Å²) < 4.78 is 18.4. The third-order valence-electron chi connectivity index (χ3n) is 2.13. The van der Waals surface area contributed by atoms with Crippen molar-refractivity contribution < 1.29 is 9.13 Å². The Balaban J connectivity index is 3.27. The molecule has 0 aliphatic rings. The van der Waals surface area contributed by atoms with Gasteiger partial charge in [0.1, 0.15) is 11.6 Å². The minimum atomic E-state index is -0.835. The van der Waals surface area contributed by atoms with E-state index in [4.69, 9.17) is 10.00 Å². The molecule has 3 heteroatoms. The SMILES string of the molecule is COc1ccc(F)c(C(C)(C)C#N)c1. The molecule has 0 aliphatic carbocycles. The van der Waals surface area contributed by atoms with Crippen molar-refractivity contribution in [1.29, 1.82) is 5.26 Å². The number of rotatable bonds is 2. The van der Waals surface area contributed by atoms with E-state index < -0.39 is 5.41 Å². The van der Waals surface area contributed by atoms with Crippen LogP contribution in [0, 0.1) is 17.1 Å². The topological polar surface area (TPSA) is 33.0 Å². The van der Waals surface area contributed by atoms with Gasteiger partial charge in [-0.25, -0.2) is 4.39 Å². The molecule has 0 N–H and O–H groups in total. The van der Waals surface area contributed by atoms with Crippen LogP contribution in [-0.4, -0.2) is 7.11 Å². The normalized spacial score (nSPS) is 10.8. The van der Waals surface area contributed by atoms with E-state index in [1.54, 1.807) is 19.9 Å². The predicted molar refractivity (Wildman–Crippen MR) is 51.6 cm³/mol. The number of benzene rings is 1. The van der Waals surface area contributed by atoms with Crippen LogP contribution in [0.1, 0.15) is 19.4 Å². The Hall–Kier alpha value is -1.56. The maximum Gasteiger partial charge on any atom is 0.128 e. The number of halogens is 1. The Bertz CT molecular complexity index is 379. The van der Waals surface area contributed by atoms with Gasteiger partial charge in [-0.2, -0.15) is 5.26 Å². The highest BCUT2D eigenvalue weighted by Crippen LogP contribution is 2.28. The summed E-state index contributed by atoms with van der Waals surface area (Å²) >= 11 is 0. The van der Waals surface area contributed by atoms with Crippen molar-refractivity contribution in [2.75, 3.05) is 7.11 Å². The average Bonchev–Trinajstić information content (AvgIpc) is 2.18. The smallest absolute Gasteiger partial charge is 0.128 e. The zero-order valence-corrected chi connectivity index (χ0v) is 8.47. The van der Waals surface area contributed by atoms with Gasteiger partial charge in [0, 0.05) is 5.56 Å². The quantitative estimate of drug-likeness (QED) is 0.723. The minimum Gasteiger partial charge on any atom is -0.497 e. The van der Waals surface area contributed by atoms with Crippen LogP contribution in [0.25, 0.3) is 0 Å². The van der Waals surface area contributed by atoms with Gasteiger partial charge in [0.05, 0.1) is 18.6 Å². The summed E-state index contributed by atoms with van der Waals surface area (Å²) in [6.45, 7) is 3.34. The molecule has 0 amide bonds. The van der Waals surface area contributed by atoms with E-state index in [0.29, 0.717) is 11.3 Å². The molecule has 0 saturated heterocycles. The summed E-state index contributed by atoms with van der Waals surface area (Å²) in [7, 11) is 1.51. The van der Waals surface area contributed by atoms with Gasteiger partial charge in [-0.05, 0) is 32.0 Å². The van der Waals surface area contributed by atoms with E-state index in [-0.39, 0.29) is 5.82 Å².